The Morgan fingerprint density at radius 3 is 2.44 bits per heavy atom. The molecular formula is C32H30N3O+. The van der Waals surface area contributed by atoms with Crippen molar-refractivity contribution in [1.82, 2.24) is 0 Å². The summed E-state index contributed by atoms with van der Waals surface area (Å²) in [5, 5.41) is 12.3. The molecule has 4 heteroatoms. The first-order valence-electron chi connectivity index (χ1n) is 12.5. The topological polar surface area (TPSA) is 44.1 Å². The second-order valence-electron chi connectivity index (χ2n) is 10.7. The molecule has 3 aromatic carbocycles. The molecule has 0 N–H and O–H groups in total. The minimum atomic E-state index is 0.0682. The highest BCUT2D eigenvalue weighted by atomic mass is 16.3. The van der Waals surface area contributed by atoms with Crippen LogP contribution >= 0.6 is 0 Å². The zero-order valence-electron chi connectivity index (χ0n) is 21.5. The SMILES string of the molecule is Cc1ccc2c(oc3c(-c4cccc5c4N(C)CCC5(C)C)c(C#N)ccc32)c1-c1cccc[n+]1C. The lowest BCUT2D eigenvalue weighted by Gasteiger charge is -2.39. The Kier molecular flexibility index (Phi) is 4.95. The molecule has 0 bridgehead atoms. The van der Waals surface area contributed by atoms with E-state index in [9.17, 15) is 5.26 Å². The molecule has 0 radical (unpaired) electrons. The fourth-order valence-electron chi connectivity index (χ4n) is 5.86. The summed E-state index contributed by atoms with van der Waals surface area (Å²) in [6.45, 7) is 7.72. The summed E-state index contributed by atoms with van der Waals surface area (Å²) in [6.07, 6.45) is 3.15. The molecule has 36 heavy (non-hydrogen) atoms. The molecule has 0 unspecified atom stereocenters. The molecule has 4 nitrogen and oxygen atoms in total. The number of aromatic nitrogens is 1. The normalized spacial score (nSPS) is 14.7. The van der Waals surface area contributed by atoms with Crippen LogP contribution in [-0.4, -0.2) is 13.6 Å². The molecule has 1 aliphatic heterocycles. The average molecular weight is 473 g/mol. The Morgan fingerprint density at radius 1 is 0.944 bits per heavy atom. The van der Waals surface area contributed by atoms with Gasteiger partial charge in [-0.3, -0.25) is 0 Å². The number of pyridine rings is 1. The summed E-state index contributed by atoms with van der Waals surface area (Å²) in [5.74, 6) is 0. The van der Waals surface area contributed by atoms with Crippen molar-refractivity contribution in [2.24, 2.45) is 7.05 Å². The standard InChI is InChI=1S/C32H30N3O/c1-20-12-14-22-23-15-13-21(19-33)28(24-9-8-10-25-29(24)35(5)18-16-32(25,2)3)31(23)36-30(22)27(20)26-11-6-7-17-34(26)4/h6-15,17H,16,18H2,1-5H3/q+1. The van der Waals surface area contributed by atoms with Crippen molar-refractivity contribution in [2.45, 2.75) is 32.6 Å². The second kappa shape index (κ2) is 7.96. The van der Waals surface area contributed by atoms with Gasteiger partial charge in [-0.25, -0.2) is 4.57 Å². The number of fused-ring (bicyclic) bond motifs is 4. The number of furan rings is 1. The molecule has 0 saturated carbocycles. The average Bonchev–Trinajstić information content (AvgIpc) is 3.25. The summed E-state index contributed by atoms with van der Waals surface area (Å²) >= 11 is 0. The Bertz CT molecular complexity index is 1720. The van der Waals surface area contributed by atoms with Gasteiger partial charge in [-0.15, -0.1) is 0 Å². The van der Waals surface area contributed by atoms with Crippen molar-refractivity contribution in [3.8, 4) is 28.5 Å². The Morgan fingerprint density at radius 2 is 1.69 bits per heavy atom. The number of benzene rings is 3. The van der Waals surface area contributed by atoms with E-state index in [2.05, 4.69) is 99.1 Å². The maximum Gasteiger partial charge on any atom is 0.216 e. The van der Waals surface area contributed by atoms with Crippen LogP contribution in [0.4, 0.5) is 5.69 Å². The third-order valence-electron chi connectivity index (χ3n) is 7.94. The highest BCUT2D eigenvalue weighted by molar-refractivity contribution is 6.14. The maximum atomic E-state index is 10.2. The summed E-state index contributed by atoms with van der Waals surface area (Å²) < 4.78 is 8.92. The zero-order chi connectivity index (χ0) is 25.2. The Balaban J connectivity index is 1.74. The fourth-order valence-corrected chi connectivity index (χ4v) is 5.86. The van der Waals surface area contributed by atoms with Gasteiger partial charge in [0.25, 0.3) is 0 Å². The van der Waals surface area contributed by atoms with E-state index in [0.717, 1.165) is 62.9 Å². The van der Waals surface area contributed by atoms with E-state index in [0.29, 0.717) is 5.56 Å². The number of hydrogen-bond acceptors (Lipinski definition) is 3. The van der Waals surface area contributed by atoms with Crippen molar-refractivity contribution in [3.63, 3.8) is 0 Å². The number of rotatable bonds is 2. The third-order valence-corrected chi connectivity index (χ3v) is 7.94. The lowest BCUT2D eigenvalue weighted by atomic mass is 9.76. The van der Waals surface area contributed by atoms with Gasteiger partial charge in [0.15, 0.2) is 6.20 Å². The van der Waals surface area contributed by atoms with Gasteiger partial charge in [-0.2, -0.15) is 5.26 Å². The van der Waals surface area contributed by atoms with Crippen LogP contribution < -0.4 is 9.47 Å². The summed E-state index contributed by atoms with van der Waals surface area (Å²) in [5.41, 5.74) is 10.1. The summed E-state index contributed by atoms with van der Waals surface area (Å²) in [4.78, 5) is 2.33. The minimum absolute atomic E-state index is 0.0682. The first-order chi connectivity index (χ1) is 17.3. The predicted octanol–water partition coefficient (Wildman–Crippen LogP) is 7.04. The van der Waals surface area contributed by atoms with Crippen LogP contribution in [0.1, 0.15) is 37.0 Å². The van der Waals surface area contributed by atoms with Gasteiger partial charge in [-0.1, -0.05) is 44.2 Å². The van der Waals surface area contributed by atoms with E-state index in [4.69, 9.17) is 4.42 Å². The van der Waals surface area contributed by atoms with Gasteiger partial charge in [-0.05, 0) is 48.1 Å². The Labute approximate surface area is 212 Å². The molecule has 3 heterocycles. The van der Waals surface area contributed by atoms with Crippen LogP contribution in [0.2, 0.25) is 0 Å². The first-order valence-corrected chi connectivity index (χ1v) is 12.5. The largest absolute Gasteiger partial charge is 0.454 e. The Hall–Kier alpha value is -4.10. The van der Waals surface area contributed by atoms with Gasteiger partial charge < -0.3 is 9.32 Å². The van der Waals surface area contributed by atoms with Gasteiger partial charge in [0.1, 0.15) is 18.2 Å². The molecule has 178 valence electrons. The number of aryl methyl sites for hydroxylation is 2. The predicted molar refractivity (Wildman–Crippen MR) is 146 cm³/mol. The molecule has 1 aliphatic rings. The van der Waals surface area contributed by atoms with Gasteiger partial charge in [0, 0.05) is 53.3 Å². The number of anilines is 1. The highest BCUT2D eigenvalue weighted by Crippen LogP contribution is 2.48. The molecule has 0 atom stereocenters. The molecule has 0 spiro atoms. The van der Waals surface area contributed by atoms with E-state index in [1.54, 1.807) is 0 Å². The fraction of sp³-hybridized carbons (Fsp3) is 0.250. The van der Waals surface area contributed by atoms with E-state index in [1.807, 2.05) is 18.2 Å². The van der Waals surface area contributed by atoms with Crippen molar-refractivity contribution in [1.29, 1.82) is 5.26 Å². The molecule has 0 saturated heterocycles. The number of hydrogen-bond donors (Lipinski definition) is 0. The third kappa shape index (κ3) is 3.16. The van der Waals surface area contributed by atoms with Crippen LogP contribution in [0.25, 0.3) is 44.3 Å². The molecule has 6 rings (SSSR count). The molecule has 0 aliphatic carbocycles. The van der Waals surface area contributed by atoms with E-state index in [-0.39, 0.29) is 5.41 Å². The molecule has 2 aromatic heterocycles. The van der Waals surface area contributed by atoms with Crippen LogP contribution in [0, 0.1) is 18.3 Å². The molecule has 0 fully saturated rings. The molecule has 0 amide bonds. The van der Waals surface area contributed by atoms with Gasteiger partial charge >= 0.3 is 0 Å². The van der Waals surface area contributed by atoms with Gasteiger partial charge in [0.05, 0.1) is 17.2 Å². The van der Waals surface area contributed by atoms with Crippen molar-refractivity contribution < 1.29 is 8.98 Å². The molecule has 5 aromatic rings. The van der Waals surface area contributed by atoms with Crippen molar-refractivity contribution >= 4 is 27.6 Å². The zero-order valence-corrected chi connectivity index (χ0v) is 21.5. The number of nitrogens with zero attached hydrogens (tertiary/aromatic N) is 3. The van der Waals surface area contributed by atoms with Gasteiger partial charge in [0.2, 0.25) is 5.69 Å². The van der Waals surface area contributed by atoms with E-state index < -0.39 is 0 Å². The lowest BCUT2D eigenvalue weighted by Crippen LogP contribution is -2.35. The highest BCUT2D eigenvalue weighted by Gasteiger charge is 2.33. The smallest absolute Gasteiger partial charge is 0.216 e. The summed E-state index contributed by atoms with van der Waals surface area (Å²) in [7, 11) is 4.21. The van der Waals surface area contributed by atoms with Crippen LogP contribution in [0.3, 0.4) is 0 Å². The second-order valence-corrected chi connectivity index (χ2v) is 10.7. The lowest BCUT2D eigenvalue weighted by molar-refractivity contribution is -0.660. The first kappa shape index (κ1) is 22.4. The van der Waals surface area contributed by atoms with E-state index in [1.165, 1.54) is 11.3 Å². The van der Waals surface area contributed by atoms with Crippen LogP contribution in [0.15, 0.2) is 71.3 Å². The monoisotopic (exact) mass is 472 g/mol. The quantitative estimate of drug-likeness (QED) is 0.259. The van der Waals surface area contributed by atoms with Crippen LogP contribution in [0.5, 0.6) is 0 Å². The minimum Gasteiger partial charge on any atom is -0.454 e. The molecular weight excluding hydrogens is 442 g/mol. The summed E-state index contributed by atoms with van der Waals surface area (Å²) in [6, 6.07) is 23.5. The maximum absolute atomic E-state index is 10.2. The van der Waals surface area contributed by atoms with Crippen LogP contribution in [-0.2, 0) is 12.5 Å². The van der Waals surface area contributed by atoms with E-state index >= 15 is 0 Å². The number of para-hydroxylation sites is 1. The van der Waals surface area contributed by atoms with Crippen molar-refractivity contribution in [2.75, 3.05) is 18.5 Å². The number of nitriles is 1. The van der Waals surface area contributed by atoms with Crippen molar-refractivity contribution in [3.05, 3.63) is 83.6 Å².